The first-order chi connectivity index (χ1) is 10.7. The molecular weight excluding hydrogens is 274 g/mol. The Labute approximate surface area is 128 Å². The van der Waals surface area contributed by atoms with Gasteiger partial charge >= 0.3 is 0 Å². The summed E-state index contributed by atoms with van der Waals surface area (Å²) in [5.41, 5.74) is 3.28. The Morgan fingerprint density at radius 3 is 2.82 bits per heavy atom. The second-order valence-corrected chi connectivity index (χ2v) is 5.72. The number of aromatic amines is 1. The third kappa shape index (κ3) is 1.99. The van der Waals surface area contributed by atoms with Gasteiger partial charge in [-0.3, -0.25) is 4.79 Å². The summed E-state index contributed by atoms with van der Waals surface area (Å²) in [5, 5.41) is 0.639. The Bertz CT molecular complexity index is 900. The largest absolute Gasteiger partial charge is 0.361 e. The first kappa shape index (κ1) is 13.1. The van der Waals surface area contributed by atoms with Crippen LogP contribution < -0.4 is 10.5 Å². The molecule has 0 spiro atoms. The van der Waals surface area contributed by atoms with E-state index in [-0.39, 0.29) is 11.6 Å². The van der Waals surface area contributed by atoms with Gasteiger partial charge in [-0.1, -0.05) is 30.3 Å². The normalized spacial score (nSPS) is 15.0. The summed E-state index contributed by atoms with van der Waals surface area (Å²) in [6.45, 7) is 3.05. The van der Waals surface area contributed by atoms with Gasteiger partial charge in [-0.25, -0.2) is 4.98 Å². The third-order valence-electron chi connectivity index (χ3n) is 4.42. The van der Waals surface area contributed by atoms with Crippen molar-refractivity contribution in [2.24, 2.45) is 0 Å². The summed E-state index contributed by atoms with van der Waals surface area (Å²) in [4.78, 5) is 22.2. The molecule has 1 aliphatic heterocycles. The minimum absolute atomic E-state index is 0.0426. The zero-order valence-electron chi connectivity index (χ0n) is 12.4. The molecule has 1 N–H and O–H groups in total. The lowest BCUT2D eigenvalue weighted by Crippen LogP contribution is -2.28. The van der Waals surface area contributed by atoms with Crippen molar-refractivity contribution in [3.05, 3.63) is 70.3 Å². The Hall–Kier alpha value is -2.62. The number of H-pyrrole nitrogens is 1. The highest BCUT2D eigenvalue weighted by Crippen LogP contribution is 2.33. The number of rotatable bonds is 2. The molecule has 3 aromatic rings. The van der Waals surface area contributed by atoms with Crippen molar-refractivity contribution in [1.82, 2.24) is 9.97 Å². The van der Waals surface area contributed by atoms with E-state index in [0.717, 1.165) is 24.3 Å². The van der Waals surface area contributed by atoms with Crippen molar-refractivity contribution in [3.63, 3.8) is 0 Å². The molecule has 1 aromatic heterocycles. The number of hydrogen-bond donors (Lipinski definition) is 1. The van der Waals surface area contributed by atoms with Gasteiger partial charge in [0.1, 0.15) is 5.82 Å². The van der Waals surface area contributed by atoms with Crippen LogP contribution in [0.1, 0.15) is 24.4 Å². The maximum Gasteiger partial charge on any atom is 0.258 e. The molecule has 4 rings (SSSR count). The minimum atomic E-state index is -0.0695. The molecule has 0 amide bonds. The molecule has 0 radical (unpaired) electrons. The second-order valence-electron chi connectivity index (χ2n) is 5.72. The molecule has 0 saturated carbocycles. The van der Waals surface area contributed by atoms with Gasteiger partial charge in [0.25, 0.3) is 5.56 Å². The molecule has 22 heavy (non-hydrogen) atoms. The number of anilines is 1. The number of para-hydroxylation sites is 2. The van der Waals surface area contributed by atoms with E-state index in [1.54, 1.807) is 6.07 Å². The van der Waals surface area contributed by atoms with E-state index in [9.17, 15) is 4.79 Å². The number of hydrogen-bond acceptors (Lipinski definition) is 3. The monoisotopic (exact) mass is 291 g/mol. The van der Waals surface area contributed by atoms with Crippen LogP contribution in [0.25, 0.3) is 10.9 Å². The lowest BCUT2D eigenvalue weighted by molar-refractivity contribution is 0.654. The first-order valence-corrected chi connectivity index (χ1v) is 7.57. The third-order valence-corrected chi connectivity index (χ3v) is 4.42. The average molecular weight is 291 g/mol. The van der Waals surface area contributed by atoms with Crippen molar-refractivity contribution in [2.75, 3.05) is 11.4 Å². The van der Waals surface area contributed by atoms with Crippen molar-refractivity contribution in [1.29, 1.82) is 0 Å². The predicted octanol–water partition coefficient (Wildman–Crippen LogP) is 3.05. The van der Waals surface area contributed by atoms with Gasteiger partial charge in [0.05, 0.1) is 16.9 Å². The maximum absolute atomic E-state index is 12.3. The van der Waals surface area contributed by atoms with Crippen LogP contribution in [0.2, 0.25) is 0 Å². The fraction of sp³-hybridized carbons (Fsp3) is 0.222. The minimum Gasteiger partial charge on any atom is -0.361 e. The van der Waals surface area contributed by atoms with Crippen LogP contribution in [-0.4, -0.2) is 16.5 Å². The highest BCUT2D eigenvalue weighted by atomic mass is 16.1. The van der Waals surface area contributed by atoms with Crippen molar-refractivity contribution in [3.8, 4) is 0 Å². The molecule has 0 unspecified atom stereocenters. The van der Waals surface area contributed by atoms with Crippen LogP contribution in [0.5, 0.6) is 0 Å². The number of nitrogens with one attached hydrogen (secondary N) is 1. The van der Waals surface area contributed by atoms with Crippen LogP contribution in [0.4, 0.5) is 5.69 Å². The summed E-state index contributed by atoms with van der Waals surface area (Å²) >= 11 is 0. The zero-order valence-corrected chi connectivity index (χ0v) is 12.4. The van der Waals surface area contributed by atoms with E-state index in [1.807, 2.05) is 18.2 Å². The number of aromatic nitrogens is 2. The van der Waals surface area contributed by atoms with Crippen LogP contribution in [-0.2, 0) is 6.42 Å². The van der Waals surface area contributed by atoms with Gasteiger partial charge in [0.15, 0.2) is 0 Å². The molecule has 0 saturated heterocycles. The summed E-state index contributed by atoms with van der Waals surface area (Å²) in [7, 11) is 0. The molecule has 0 aliphatic carbocycles. The smallest absolute Gasteiger partial charge is 0.258 e. The van der Waals surface area contributed by atoms with E-state index in [4.69, 9.17) is 0 Å². The molecule has 0 bridgehead atoms. The molecule has 1 atom stereocenters. The fourth-order valence-corrected chi connectivity index (χ4v) is 3.22. The Kier molecular flexibility index (Phi) is 2.96. The molecule has 110 valence electrons. The highest BCUT2D eigenvalue weighted by molar-refractivity contribution is 5.77. The van der Waals surface area contributed by atoms with Crippen LogP contribution in [0.15, 0.2) is 53.3 Å². The van der Waals surface area contributed by atoms with Crippen LogP contribution in [0, 0.1) is 0 Å². The molecule has 1 aliphatic rings. The standard InChI is InChI=1S/C18H17N3O/c1-12(21-11-10-13-6-2-5-9-16(13)21)17-19-15-8-4-3-7-14(15)18(22)20-17/h2-9,12H,10-11H2,1H3,(H,19,20,22)/t12-/m1/s1. The summed E-state index contributed by atoms with van der Waals surface area (Å²) < 4.78 is 0. The second kappa shape index (κ2) is 4.98. The Balaban J connectivity index is 1.78. The summed E-state index contributed by atoms with van der Waals surface area (Å²) in [6, 6.07) is 15.9. The predicted molar refractivity (Wildman–Crippen MR) is 88.3 cm³/mol. The van der Waals surface area contributed by atoms with E-state index >= 15 is 0 Å². The van der Waals surface area contributed by atoms with Gasteiger partial charge in [-0.05, 0) is 37.1 Å². The van der Waals surface area contributed by atoms with Gasteiger partial charge in [-0.15, -0.1) is 0 Å². The van der Waals surface area contributed by atoms with Gasteiger partial charge in [-0.2, -0.15) is 0 Å². The zero-order chi connectivity index (χ0) is 15.1. The van der Waals surface area contributed by atoms with Crippen LogP contribution in [0.3, 0.4) is 0 Å². The molecule has 2 heterocycles. The molecule has 2 aromatic carbocycles. The lowest BCUT2D eigenvalue weighted by Gasteiger charge is -2.26. The van der Waals surface area contributed by atoms with E-state index < -0.39 is 0 Å². The Morgan fingerprint density at radius 1 is 1.14 bits per heavy atom. The number of benzene rings is 2. The van der Waals surface area contributed by atoms with Gasteiger partial charge in [0.2, 0.25) is 0 Å². The molecular formula is C18H17N3O. The van der Waals surface area contributed by atoms with Gasteiger partial charge < -0.3 is 9.88 Å². The van der Waals surface area contributed by atoms with Crippen molar-refractivity contribution < 1.29 is 0 Å². The topological polar surface area (TPSA) is 49.0 Å². The fourth-order valence-electron chi connectivity index (χ4n) is 3.22. The quantitative estimate of drug-likeness (QED) is 0.789. The molecule has 4 nitrogen and oxygen atoms in total. The molecule has 4 heteroatoms. The maximum atomic E-state index is 12.3. The van der Waals surface area contributed by atoms with Gasteiger partial charge in [0, 0.05) is 12.2 Å². The average Bonchev–Trinajstić information content (AvgIpc) is 2.98. The van der Waals surface area contributed by atoms with E-state index in [0.29, 0.717) is 5.39 Å². The first-order valence-electron chi connectivity index (χ1n) is 7.57. The van der Waals surface area contributed by atoms with Crippen molar-refractivity contribution >= 4 is 16.6 Å². The van der Waals surface area contributed by atoms with Crippen LogP contribution >= 0.6 is 0 Å². The Morgan fingerprint density at radius 2 is 1.91 bits per heavy atom. The summed E-state index contributed by atoms with van der Waals surface area (Å²) in [5.74, 6) is 0.723. The number of nitrogens with zero attached hydrogens (tertiary/aromatic N) is 2. The summed E-state index contributed by atoms with van der Waals surface area (Å²) in [6.07, 6.45) is 1.04. The van der Waals surface area contributed by atoms with E-state index in [1.165, 1.54) is 11.3 Å². The lowest BCUT2D eigenvalue weighted by atomic mass is 10.1. The SMILES string of the molecule is C[C@H](c1nc2ccccc2c(=O)[nH]1)N1CCc2ccccc21. The highest BCUT2D eigenvalue weighted by Gasteiger charge is 2.25. The van der Waals surface area contributed by atoms with Crippen molar-refractivity contribution in [2.45, 2.75) is 19.4 Å². The molecule has 0 fully saturated rings. The van der Waals surface area contributed by atoms with E-state index in [2.05, 4.69) is 46.1 Å². The number of fused-ring (bicyclic) bond motifs is 2.